The van der Waals surface area contributed by atoms with Crippen molar-refractivity contribution in [2.24, 2.45) is 0 Å². The highest BCUT2D eigenvalue weighted by Gasteiger charge is 2.45. The summed E-state index contributed by atoms with van der Waals surface area (Å²) in [6.07, 6.45) is 0. The summed E-state index contributed by atoms with van der Waals surface area (Å²) in [5.41, 5.74) is 2.84. The predicted molar refractivity (Wildman–Crippen MR) is 134 cm³/mol. The molecule has 0 aromatic heterocycles. The Morgan fingerprint density at radius 2 is 1.26 bits per heavy atom. The molecule has 34 heavy (non-hydrogen) atoms. The minimum absolute atomic E-state index is 0.106. The summed E-state index contributed by atoms with van der Waals surface area (Å²) in [6, 6.07) is 31.2. The number of amides is 1. The lowest BCUT2D eigenvalue weighted by Crippen LogP contribution is -2.35. The largest absolute Gasteiger partial charge is 0.268 e. The Bertz CT molecular complexity index is 1710. The Balaban J connectivity index is 1.61. The lowest BCUT2D eigenvalue weighted by atomic mass is 9.94. The van der Waals surface area contributed by atoms with Crippen LogP contribution in [0.25, 0.3) is 21.5 Å². The molecule has 1 aliphatic heterocycles. The average molecular weight is 464 g/mol. The van der Waals surface area contributed by atoms with E-state index < -0.39 is 22.0 Å². The van der Waals surface area contributed by atoms with E-state index in [9.17, 15) is 13.2 Å². The van der Waals surface area contributed by atoms with Crippen LogP contribution in [-0.2, 0) is 10.0 Å². The highest BCUT2D eigenvalue weighted by Crippen LogP contribution is 2.44. The molecule has 0 N–H and O–H groups in total. The van der Waals surface area contributed by atoms with E-state index in [2.05, 4.69) is 0 Å². The number of benzene rings is 5. The van der Waals surface area contributed by atoms with Crippen LogP contribution in [0.1, 0.15) is 33.1 Å². The van der Waals surface area contributed by atoms with Gasteiger partial charge in [0.25, 0.3) is 15.9 Å². The molecule has 0 unspecified atom stereocenters. The van der Waals surface area contributed by atoms with Gasteiger partial charge in [0.15, 0.2) is 0 Å². The van der Waals surface area contributed by atoms with Crippen molar-refractivity contribution in [2.75, 3.05) is 0 Å². The molecule has 0 spiro atoms. The zero-order valence-corrected chi connectivity index (χ0v) is 19.3. The summed E-state index contributed by atoms with van der Waals surface area (Å²) < 4.78 is 28.8. The third-order valence-corrected chi connectivity index (χ3v) is 8.31. The number of hydrogen-bond donors (Lipinski definition) is 0. The Labute approximate surface area is 198 Å². The predicted octanol–water partition coefficient (Wildman–Crippen LogP) is 6.24. The molecule has 0 saturated carbocycles. The number of rotatable bonds is 3. The summed E-state index contributed by atoms with van der Waals surface area (Å²) in [7, 11) is -4.10. The van der Waals surface area contributed by atoms with Gasteiger partial charge >= 0.3 is 0 Å². The fraction of sp³-hybridized carbons (Fsp3) is 0.0690. The fourth-order valence-corrected chi connectivity index (χ4v) is 6.33. The van der Waals surface area contributed by atoms with Crippen LogP contribution in [0.3, 0.4) is 0 Å². The minimum Gasteiger partial charge on any atom is -0.268 e. The van der Waals surface area contributed by atoms with Crippen LogP contribution >= 0.6 is 0 Å². The maximum Gasteiger partial charge on any atom is 0.268 e. The van der Waals surface area contributed by atoms with Gasteiger partial charge in [0.05, 0.1) is 10.9 Å². The van der Waals surface area contributed by atoms with Crippen molar-refractivity contribution in [1.82, 2.24) is 4.31 Å². The molecule has 5 heteroatoms. The number of fused-ring (bicyclic) bond motifs is 3. The van der Waals surface area contributed by atoms with E-state index in [0.29, 0.717) is 11.1 Å². The standard InChI is InChI=1S/C29H21NO3S/c1-19-10-14-25(15-11-19)34(32,33)30-28(24-13-12-20-6-2-3-7-21(20)16-24)26-17-22-8-4-5-9-23(22)18-27(26)29(30)31/h2-18,28H,1H3/t28-/m1/s1. The van der Waals surface area contributed by atoms with Gasteiger partial charge in [0.2, 0.25) is 0 Å². The first-order valence-electron chi connectivity index (χ1n) is 11.1. The van der Waals surface area contributed by atoms with Crippen LogP contribution in [0, 0.1) is 6.92 Å². The Morgan fingerprint density at radius 3 is 1.94 bits per heavy atom. The smallest absolute Gasteiger partial charge is 0.268 e. The van der Waals surface area contributed by atoms with Crippen LogP contribution < -0.4 is 0 Å². The van der Waals surface area contributed by atoms with E-state index in [1.807, 2.05) is 85.8 Å². The number of carbonyl (C=O) groups is 1. The van der Waals surface area contributed by atoms with Crippen LogP contribution in [0.2, 0.25) is 0 Å². The first-order chi connectivity index (χ1) is 16.4. The van der Waals surface area contributed by atoms with Crippen molar-refractivity contribution >= 4 is 37.5 Å². The molecule has 1 heterocycles. The van der Waals surface area contributed by atoms with Crippen LogP contribution in [0.5, 0.6) is 0 Å². The number of carbonyl (C=O) groups excluding carboxylic acids is 1. The van der Waals surface area contributed by atoms with Crippen molar-refractivity contribution in [3.05, 3.63) is 125 Å². The van der Waals surface area contributed by atoms with E-state index in [-0.39, 0.29) is 4.90 Å². The van der Waals surface area contributed by atoms with Crippen molar-refractivity contribution in [1.29, 1.82) is 0 Å². The molecule has 1 amide bonds. The van der Waals surface area contributed by atoms with Gasteiger partial charge in [-0.3, -0.25) is 4.79 Å². The zero-order chi connectivity index (χ0) is 23.4. The molecule has 0 saturated heterocycles. The molecule has 1 aliphatic rings. The van der Waals surface area contributed by atoms with Crippen molar-refractivity contribution in [2.45, 2.75) is 17.9 Å². The molecular weight excluding hydrogens is 442 g/mol. The number of nitrogens with zero attached hydrogens (tertiary/aromatic N) is 1. The van der Waals surface area contributed by atoms with Gasteiger partial charge in [-0.15, -0.1) is 0 Å². The monoisotopic (exact) mass is 463 g/mol. The van der Waals surface area contributed by atoms with E-state index in [0.717, 1.165) is 37.0 Å². The van der Waals surface area contributed by atoms with Gasteiger partial charge in [-0.25, -0.2) is 12.7 Å². The van der Waals surface area contributed by atoms with E-state index in [1.54, 1.807) is 24.3 Å². The third kappa shape index (κ3) is 3.12. The normalized spacial score (nSPS) is 15.7. The second-order valence-electron chi connectivity index (χ2n) is 8.71. The molecule has 166 valence electrons. The fourth-order valence-electron chi connectivity index (χ4n) is 4.80. The van der Waals surface area contributed by atoms with Crippen LogP contribution in [0.15, 0.2) is 108 Å². The zero-order valence-electron chi connectivity index (χ0n) is 18.5. The number of hydrogen-bond acceptors (Lipinski definition) is 3. The van der Waals surface area contributed by atoms with Gasteiger partial charge in [-0.05, 0) is 69.9 Å². The molecular formula is C29H21NO3S. The lowest BCUT2D eigenvalue weighted by molar-refractivity contribution is 0.0865. The van der Waals surface area contributed by atoms with E-state index >= 15 is 0 Å². The maximum atomic E-state index is 13.9. The van der Waals surface area contributed by atoms with Crippen LogP contribution in [0.4, 0.5) is 0 Å². The summed E-state index contributed by atoms with van der Waals surface area (Å²) in [6.45, 7) is 1.90. The molecule has 5 aromatic rings. The van der Waals surface area contributed by atoms with Gasteiger partial charge in [0, 0.05) is 5.56 Å². The average Bonchev–Trinajstić information content (AvgIpc) is 3.14. The highest BCUT2D eigenvalue weighted by atomic mass is 32.2. The van der Waals surface area contributed by atoms with Gasteiger partial charge in [-0.1, -0.05) is 78.4 Å². The topological polar surface area (TPSA) is 54.5 Å². The Kier molecular flexibility index (Phi) is 4.57. The minimum atomic E-state index is -4.10. The maximum absolute atomic E-state index is 13.9. The number of aryl methyl sites for hydroxylation is 1. The lowest BCUT2D eigenvalue weighted by Gasteiger charge is -2.26. The first kappa shape index (κ1) is 20.6. The summed E-state index contributed by atoms with van der Waals surface area (Å²) in [5.74, 6) is -0.500. The summed E-state index contributed by atoms with van der Waals surface area (Å²) in [5, 5.41) is 3.92. The molecule has 0 bridgehead atoms. The summed E-state index contributed by atoms with van der Waals surface area (Å²) >= 11 is 0. The van der Waals surface area contributed by atoms with Gasteiger partial charge < -0.3 is 0 Å². The molecule has 6 rings (SSSR count). The van der Waals surface area contributed by atoms with Crippen LogP contribution in [-0.4, -0.2) is 18.6 Å². The second kappa shape index (κ2) is 7.54. The molecule has 0 aliphatic carbocycles. The molecule has 4 nitrogen and oxygen atoms in total. The SMILES string of the molecule is Cc1ccc(S(=O)(=O)N2C(=O)c3cc4ccccc4cc3[C@H]2c2ccc3ccccc3c2)cc1. The molecule has 5 aromatic carbocycles. The van der Waals surface area contributed by atoms with Crippen molar-refractivity contribution in [3.8, 4) is 0 Å². The molecule has 0 radical (unpaired) electrons. The Morgan fingerprint density at radius 1 is 0.676 bits per heavy atom. The third-order valence-electron chi connectivity index (χ3n) is 6.54. The first-order valence-corrected chi connectivity index (χ1v) is 12.5. The van der Waals surface area contributed by atoms with Gasteiger partial charge in [0.1, 0.15) is 0 Å². The molecule has 0 fully saturated rings. The number of sulfonamides is 1. The van der Waals surface area contributed by atoms with Crippen molar-refractivity contribution < 1.29 is 13.2 Å². The second-order valence-corrected chi connectivity index (χ2v) is 10.5. The summed E-state index contributed by atoms with van der Waals surface area (Å²) in [4.78, 5) is 13.8. The van der Waals surface area contributed by atoms with Gasteiger partial charge in [-0.2, -0.15) is 0 Å². The highest BCUT2D eigenvalue weighted by molar-refractivity contribution is 7.89. The van der Waals surface area contributed by atoms with Crippen molar-refractivity contribution in [3.63, 3.8) is 0 Å². The Hall–Kier alpha value is -3.96. The van der Waals surface area contributed by atoms with E-state index in [4.69, 9.17) is 0 Å². The molecule has 1 atom stereocenters. The quantitative estimate of drug-likeness (QED) is 0.318. The van der Waals surface area contributed by atoms with E-state index in [1.165, 1.54) is 0 Å².